The number of aliphatic hydroxyl groups is 1. The van der Waals surface area contributed by atoms with Crippen LogP contribution in [0.1, 0.15) is 12.5 Å². The third kappa shape index (κ3) is 9.05. The fraction of sp³-hybridized carbons (Fsp3) is 0.200. The molecule has 0 spiro atoms. The molecule has 0 heterocycles. The van der Waals surface area contributed by atoms with Crippen LogP contribution in [0.5, 0.6) is 11.5 Å². The second kappa shape index (κ2) is 14.7. The van der Waals surface area contributed by atoms with Crippen molar-refractivity contribution < 1.29 is 32.1 Å². The molecule has 2 aromatic rings. The van der Waals surface area contributed by atoms with E-state index in [9.17, 15) is 17.6 Å². The number of halogens is 5. The monoisotopic (exact) mass is 464 g/mol. The molecule has 0 atom stereocenters. The van der Waals surface area contributed by atoms with Crippen molar-refractivity contribution in [3.63, 3.8) is 0 Å². The van der Waals surface area contributed by atoms with Gasteiger partial charge in [0.15, 0.2) is 23.1 Å². The lowest BCUT2D eigenvalue weighted by molar-refractivity contribution is 0.343. The van der Waals surface area contributed by atoms with E-state index >= 15 is 0 Å². The van der Waals surface area contributed by atoms with E-state index in [0.29, 0.717) is 0 Å². The number of rotatable bonds is 4. The molecule has 0 aromatic heterocycles. The quantitative estimate of drug-likeness (QED) is 0.575. The molecule has 2 aromatic carbocycles. The SMILES string of the molecule is C/C=C\Br.COc1c(F)ccc(F)c1/C=C\CO.COc1cc(F)ccc1F. The van der Waals surface area contributed by atoms with Gasteiger partial charge in [0.1, 0.15) is 11.6 Å². The first-order chi connectivity index (χ1) is 13.4. The van der Waals surface area contributed by atoms with Gasteiger partial charge >= 0.3 is 0 Å². The number of allylic oxidation sites excluding steroid dienone is 1. The van der Waals surface area contributed by atoms with Crippen LogP contribution in [0.4, 0.5) is 17.6 Å². The first-order valence-electron chi connectivity index (χ1n) is 7.85. The van der Waals surface area contributed by atoms with E-state index in [0.717, 1.165) is 30.3 Å². The van der Waals surface area contributed by atoms with Gasteiger partial charge in [0.05, 0.1) is 26.4 Å². The molecule has 8 heteroatoms. The fourth-order valence-electron chi connectivity index (χ4n) is 1.72. The minimum Gasteiger partial charge on any atom is -0.494 e. The summed E-state index contributed by atoms with van der Waals surface area (Å²) in [7, 11) is 2.55. The number of hydrogen-bond donors (Lipinski definition) is 1. The van der Waals surface area contributed by atoms with Gasteiger partial charge in [0.2, 0.25) is 0 Å². The number of benzene rings is 2. The van der Waals surface area contributed by atoms with Crippen LogP contribution >= 0.6 is 15.9 Å². The molecule has 0 aliphatic rings. The highest BCUT2D eigenvalue weighted by atomic mass is 79.9. The lowest BCUT2D eigenvalue weighted by Gasteiger charge is -2.06. The molecule has 0 unspecified atom stereocenters. The Morgan fingerprint density at radius 3 is 2.00 bits per heavy atom. The van der Waals surface area contributed by atoms with Crippen molar-refractivity contribution in [2.45, 2.75) is 6.92 Å². The van der Waals surface area contributed by atoms with Crippen molar-refractivity contribution in [3.05, 3.63) is 76.3 Å². The zero-order valence-electron chi connectivity index (χ0n) is 15.6. The van der Waals surface area contributed by atoms with Crippen molar-refractivity contribution in [2.24, 2.45) is 0 Å². The lowest BCUT2D eigenvalue weighted by atomic mass is 10.1. The number of aliphatic hydroxyl groups excluding tert-OH is 1. The minimum atomic E-state index is -0.633. The molecule has 28 heavy (non-hydrogen) atoms. The van der Waals surface area contributed by atoms with E-state index < -0.39 is 23.3 Å². The van der Waals surface area contributed by atoms with Crippen molar-refractivity contribution in [1.82, 2.24) is 0 Å². The maximum Gasteiger partial charge on any atom is 0.165 e. The summed E-state index contributed by atoms with van der Waals surface area (Å²) in [5, 5.41) is 8.51. The summed E-state index contributed by atoms with van der Waals surface area (Å²) >= 11 is 3.07. The summed E-state index contributed by atoms with van der Waals surface area (Å²) in [5.41, 5.74) is 0.00144. The average Bonchev–Trinajstić information content (AvgIpc) is 2.71. The van der Waals surface area contributed by atoms with Gasteiger partial charge < -0.3 is 14.6 Å². The van der Waals surface area contributed by atoms with E-state index in [1.165, 1.54) is 26.4 Å². The topological polar surface area (TPSA) is 38.7 Å². The third-order valence-corrected chi connectivity index (χ3v) is 3.46. The predicted molar refractivity (Wildman–Crippen MR) is 106 cm³/mol. The van der Waals surface area contributed by atoms with Crippen LogP contribution in [0.2, 0.25) is 0 Å². The maximum absolute atomic E-state index is 13.2. The molecule has 3 nitrogen and oxygen atoms in total. The molecule has 0 amide bonds. The number of ether oxygens (including phenoxy) is 2. The second-order valence-electron chi connectivity index (χ2n) is 4.80. The largest absolute Gasteiger partial charge is 0.494 e. The molecular formula is C20H21BrF4O3. The molecular weight excluding hydrogens is 444 g/mol. The minimum absolute atomic E-state index is 0.00144. The van der Waals surface area contributed by atoms with Crippen molar-refractivity contribution in [3.8, 4) is 11.5 Å². The van der Waals surface area contributed by atoms with Gasteiger partial charge in [-0.1, -0.05) is 28.1 Å². The zero-order valence-corrected chi connectivity index (χ0v) is 17.1. The first-order valence-corrected chi connectivity index (χ1v) is 8.77. The summed E-state index contributed by atoms with van der Waals surface area (Å²) in [6.07, 6.45) is 4.50. The molecule has 0 radical (unpaired) electrons. The van der Waals surface area contributed by atoms with Crippen LogP contribution in [0.15, 0.2) is 47.5 Å². The molecule has 0 bridgehead atoms. The van der Waals surface area contributed by atoms with Crippen LogP contribution in [0.3, 0.4) is 0 Å². The summed E-state index contributed by atoms with van der Waals surface area (Å²) in [5.74, 6) is -2.50. The molecule has 0 saturated carbocycles. The van der Waals surface area contributed by atoms with Gasteiger partial charge in [-0.2, -0.15) is 0 Å². The van der Waals surface area contributed by atoms with E-state index in [1.807, 2.05) is 18.0 Å². The molecule has 0 saturated heterocycles. The Hall–Kier alpha value is -2.32. The summed E-state index contributed by atoms with van der Waals surface area (Å²) in [4.78, 5) is 1.81. The van der Waals surface area contributed by atoms with Crippen LogP contribution in [0, 0.1) is 23.3 Å². The van der Waals surface area contributed by atoms with E-state index in [1.54, 1.807) is 0 Å². The number of hydrogen-bond acceptors (Lipinski definition) is 3. The Kier molecular flexibility index (Phi) is 13.5. The lowest BCUT2D eigenvalue weighted by Crippen LogP contribution is -1.94. The zero-order chi connectivity index (χ0) is 21.5. The average molecular weight is 465 g/mol. The fourth-order valence-corrected chi connectivity index (χ4v) is 1.72. The molecule has 0 fully saturated rings. The van der Waals surface area contributed by atoms with Gasteiger partial charge in [0.25, 0.3) is 0 Å². The molecule has 0 aliphatic carbocycles. The van der Waals surface area contributed by atoms with Crippen molar-refractivity contribution in [1.29, 1.82) is 0 Å². The Labute approximate surface area is 170 Å². The summed E-state index contributed by atoms with van der Waals surface area (Å²) in [6.45, 7) is 1.72. The summed E-state index contributed by atoms with van der Waals surface area (Å²) < 4.78 is 60.2. The normalized spacial score (nSPS) is 10.2. The Bertz CT molecular complexity index is 776. The molecule has 2 rings (SSSR count). The highest BCUT2D eigenvalue weighted by Crippen LogP contribution is 2.26. The van der Waals surface area contributed by atoms with E-state index in [-0.39, 0.29) is 23.7 Å². The highest BCUT2D eigenvalue weighted by molar-refractivity contribution is 9.11. The standard InChI is InChI=1S/C10H10F2O2.C7H6F2O.C3H5Br/c1-14-10-7(3-2-6-13)8(11)4-5-9(10)12;1-10-7-4-5(8)2-3-6(7)9;1-2-3-4/h2-5,13H,6H2,1H3;2-4H,1H3;2-3H,1H3/b3-2-;;3-2-. The molecule has 154 valence electrons. The van der Waals surface area contributed by atoms with E-state index in [2.05, 4.69) is 20.7 Å². The van der Waals surface area contributed by atoms with Crippen molar-refractivity contribution in [2.75, 3.05) is 20.8 Å². The van der Waals surface area contributed by atoms with Gasteiger partial charge in [-0.3, -0.25) is 0 Å². The Morgan fingerprint density at radius 1 is 0.964 bits per heavy atom. The predicted octanol–water partition coefficient (Wildman–Crippen LogP) is 5.87. The van der Waals surface area contributed by atoms with Crippen LogP contribution in [-0.2, 0) is 0 Å². The highest BCUT2D eigenvalue weighted by Gasteiger charge is 2.11. The van der Waals surface area contributed by atoms with Gasteiger partial charge in [-0.25, -0.2) is 17.6 Å². The maximum atomic E-state index is 13.2. The molecule has 0 aliphatic heterocycles. The smallest absolute Gasteiger partial charge is 0.165 e. The van der Waals surface area contributed by atoms with E-state index in [4.69, 9.17) is 9.84 Å². The van der Waals surface area contributed by atoms with Crippen LogP contribution < -0.4 is 9.47 Å². The Morgan fingerprint density at radius 2 is 1.54 bits per heavy atom. The van der Waals surface area contributed by atoms with Gasteiger partial charge in [0, 0.05) is 6.07 Å². The number of methoxy groups -OCH3 is 2. The van der Waals surface area contributed by atoms with Crippen molar-refractivity contribution >= 4 is 22.0 Å². The third-order valence-electron chi connectivity index (χ3n) is 2.93. The van der Waals surface area contributed by atoms with Gasteiger partial charge in [-0.05, 0) is 42.3 Å². The second-order valence-corrected chi connectivity index (χ2v) is 5.33. The first kappa shape index (κ1) is 25.7. The Balaban J connectivity index is 0.000000454. The van der Waals surface area contributed by atoms with Crippen LogP contribution in [0.25, 0.3) is 6.08 Å². The van der Waals surface area contributed by atoms with Crippen LogP contribution in [-0.4, -0.2) is 25.9 Å². The molecule has 1 N–H and O–H groups in total. The van der Waals surface area contributed by atoms with Gasteiger partial charge in [-0.15, -0.1) is 0 Å². The summed E-state index contributed by atoms with van der Waals surface area (Å²) in [6, 6.07) is 5.06.